The van der Waals surface area contributed by atoms with Crippen LogP contribution in [-0.2, 0) is 11.2 Å². The number of aromatic nitrogens is 2. The van der Waals surface area contributed by atoms with Gasteiger partial charge in [-0.2, -0.15) is 5.10 Å². The number of hydrogen-bond donors (Lipinski definition) is 1. The zero-order chi connectivity index (χ0) is 14.2. The first-order valence-electron chi connectivity index (χ1n) is 7.60. The van der Waals surface area contributed by atoms with Crippen LogP contribution < -0.4 is 16.0 Å². The van der Waals surface area contributed by atoms with Crippen molar-refractivity contribution < 1.29 is 4.74 Å². The highest BCUT2D eigenvalue weighted by Crippen LogP contribution is 2.29. The third-order valence-electron chi connectivity index (χ3n) is 4.48. The molecule has 21 heavy (non-hydrogen) atoms. The molecule has 1 N–H and O–H groups in total. The smallest absolute Gasteiger partial charge is 0.271 e. The largest absolute Gasteiger partial charge is 0.374 e. The maximum absolute atomic E-state index is 11.8. The normalized spacial score (nSPS) is 26.4. The lowest BCUT2D eigenvalue weighted by Crippen LogP contribution is -2.45. The molecule has 1 saturated heterocycles. The summed E-state index contributed by atoms with van der Waals surface area (Å²) in [6, 6.07) is 0. The van der Waals surface area contributed by atoms with E-state index in [0.29, 0.717) is 5.92 Å². The van der Waals surface area contributed by atoms with Gasteiger partial charge in [0.05, 0.1) is 11.8 Å². The van der Waals surface area contributed by atoms with E-state index < -0.39 is 0 Å². The number of nitrogens with zero attached hydrogens (tertiary/aromatic N) is 1. The Hall–Kier alpha value is -1.94. The molecular formula is C17H18N2O2. The van der Waals surface area contributed by atoms with Gasteiger partial charge in [-0.25, -0.2) is 5.10 Å². The maximum atomic E-state index is 11.8. The van der Waals surface area contributed by atoms with Gasteiger partial charge in [-0.05, 0) is 24.8 Å². The Morgan fingerprint density at radius 2 is 2.14 bits per heavy atom. The third-order valence-corrected chi connectivity index (χ3v) is 4.48. The third kappa shape index (κ3) is 2.29. The van der Waals surface area contributed by atoms with Crippen LogP contribution in [0.4, 0.5) is 0 Å². The molecule has 0 bridgehead atoms. The van der Waals surface area contributed by atoms with Gasteiger partial charge >= 0.3 is 0 Å². The molecule has 0 saturated carbocycles. The highest BCUT2D eigenvalue weighted by atomic mass is 16.5. The maximum Gasteiger partial charge on any atom is 0.271 e. The number of aromatic amines is 1. The number of nitrogens with one attached hydrogen (secondary N) is 1. The van der Waals surface area contributed by atoms with Crippen molar-refractivity contribution in [3.8, 4) is 0 Å². The predicted molar refractivity (Wildman–Crippen MR) is 81.0 cm³/mol. The van der Waals surface area contributed by atoms with Crippen LogP contribution in [0.15, 0.2) is 28.6 Å². The van der Waals surface area contributed by atoms with Gasteiger partial charge in [0.2, 0.25) is 0 Å². The number of allylic oxidation sites excluding steroid dienone is 2. The van der Waals surface area contributed by atoms with Gasteiger partial charge in [-0.3, -0.25) is 4.79 Å². The van der Waals surface area contributed by atoms with Gasteiger partial charge in [-0.15, -0.1) is 0 Å². The van der Waals surface area contributed by atoms with Gasteiger partial charge in [0, 0.05) is 29.4 Å². The zero-order valence-electron chi connectivity index (χ0n) is 11.8. The molecule has 4 heteroatoms. The standard InChI is InChI=1S/C17H18N2O2/c20-17-14-4-2-1-3-13(14)15(18-19-17)10-11-5-6-16-12(9-11)7-8-21-16/h3-6,9,12,16H,1-2,7-8,10H2,(H,19,20). The van der Waals surface area contributed by atoms with E-state index in [1.165, 1.54) is 5.57 Å². The molecular weight excluding hydrogens is 264 g/mol. The second kappa shape index (κ2) is 5.11. The highest BCUT2D eigenvalue weighted by Gasteiger charge is 2.26. The lowest BCUT2D eigenvalue weighted by Gasteiger charge is -2.17. The van der Waals surface area contributed by atoms with Crippen LogP contribution in [-0.4, -0.2) is 22.9 Å². The van der Waals surface area contributed by atoms with Gasteiger partial charge in [0.15, 0.2) is 0 Å². The molecule has 1 fully saturated rings. The second-order valence-corrected chi connectivity index (χ2v) is 5.88. The summed E-state index contributed by atoms with van der Waals surface area (Å²) in [5, 5.41) is 8.71. The number of fused-ring (bicyclic) bond motifs is 2. The summed E-state index contributed by atoms with van der Waals surface area (Å²) in [4.78, 5) is 11.8. The van der Waals surface area contributed by atoms with Crippen molar-refractivity contribution in [3.05, 3.63) is 50.3 Å². The van der Waals surface area contributed by atoms with E-state index in [9.17, 15) is 4.79 Å². The summed E-state index contributed by atoms with van der Waals surface area (Å²) in [6.07, 6.45) is 14.8. The fourth-order valence-corrected chi connectivity index (χ4v) is 3.40. The molecule has 0 aromatic carbocycles. The van der Waals surface area contributed by atoms with Crippen molar-refractivity contribution in [2.45, 2.75) is 31.8 Å². The molecule has 1 aromatic rings. The van der Waals surface area contributed by atoms with E-state index in [2.05, 4.69) is 34.5 Å². The SMILES string of the molecule is O=c1[nH]nc(CC2=CC3CCOC3C=C2)c2c1=CCCC=2. The molecule has 4 nitrogen and oxygen atoms in total. The van der Waals surface area contributed by atoms with Gasteiger partial charge < -0.3 is 4.74 Å². The van der Waals surface area contributed by atoms with Crippen LogP contribution in [0.5, 0.6) is 0 Å². The Kier molecular flexibility index (Phi) is 3.11. The van der Waals surface area contributed by atoms with E-state index in [1.807, 2.05) is 6.08 Å². The lowest BCUT2D eigenvalue weighted by atomic mass is 9.91. The molecule has 2 unspecified atom stereocenters. The van der Waals surface area contributed by atoms with E-state index in [1.54, 1.807) is 0 Å². The first-order valence-corrected chi connectivity index (χ1v) is 7.60. The van der Waals surface area contributed by atoms with Crippen molar-refractivity contribution in [1.82, 2.24) is 10.2 Å². The van der Waals surface area contributed by atoms with Crippen LogP contribution in [0.25, 0.3) is 12.2 Å². The predicted octanol–water partition coefficient (Wildman–Crippen LogP) is 0.568. The average Bonchev–Trinajstić information content (AvgIpc) is 2.98. The molecule has 0 radical (unpaired) electrons. The minimum Gasteiger partial charge on any atom is -0.374 e. The Balaban J connectivity index is 1.71. The van der Waals surface area contributed by atoms with E-state index >= 15 is 0 Å². The van der Waals surface area contributed by atoms with Gasteiger partial charge in [0.25, 0.3) is 5.56 Å². The second-order valence-electron chi connectivity index (χ2n) is 5.88. The molecule has 108 valence electrons. The Labute approximate surface area is 122 Å². The number of ether oxygens (including phenoxy) is 1. The molecule has 2 heterocycles. The fourth-order valence-electron chi connectivity index (χ4n) is 3.40. The summed E-state index contributed by atoms with van der Waals surface area (Å²) >= 11 is 0. The van der Waals surface area contributed by atoms with Crippen molar-refractivity contribution in [3.63, 3.8) is 0 Å². The molecule has 0 spiro atoms. The Morgan fingerprint density at radius 3 is 3.05 bits per heavy atom. The topological polar surface area (TPSA) is 55.0 Å². The summed E-state index contributed by atoms with van der Waals surface area (Å²) in [5.41, 5.74) is 2.15. The van der Waals surface area contributed by atoms with Crippen LogP contribution in [0.2, 0.25) is 0 Å². The van der Waals surface area contributed by atoms with E-state index in [0.717, 1.165) is 48.4 Å². The van der Waals surface area contributed by atoms with Crippen LogP contribution in [0, 0.1) is 5.92 Å². The monoisotopic (exact) mass is 282 g/mol. The van der Waals surface area contributed by atoms with Crippen molar-refractivity contribution >= 4 is 12.2 Å². The summed E-state index contributed by atoms with van der Waals surface area (Å²) in [6.45, 7) is 0.846. The Bertz CT molecular complexity index is 801. The van der Waals surface area contributed by atoms with E-state index in [4.69, 9.17) is 4.74 Å². The molecule has 1 aromatic heterocycles. The summed E-state index contributed by atoms with van der Waals surface area (Å²) < 4.78 is 5.66. The first kappa shape index (κ1) is 12.8. The summed E-state index contributed by atoms with van der Waals surface area (Å²) in [5.74, 6) is 0.499. The highest BCUT2D eigenvalue weighted by molar-refractivity contribution is 5.40. The van der Waals surface area contributed by atoms with Crippen molar-refractivity contribution in [1.29, 1.82) is 0 Å². The Morgan fingerprint density at radius 1 is 1.29 bits per heavy atom. The van der Waals surface area contributed by atoms with Crippen molar-refractivity contribution in [2.75, 3.05) is 6.61 Å². The number of rotatable bonds is 2. The average molecular weight is 282 g/mol. The zero-order valence-corrected chi connectivity index (χ0v) is 11.8. The minimum absolute atomic E-state index is 0.0814. The van der Waals surface area contributed by atoms with Crippen LogP contribution >= 0.6 is 0 Å². The molecule has 4 rings (SSSR count). The quantitative estimate of drug-likeness (QED) is 0.863. The van der Waals surface area contributed by atoms with Crippen LogP contribution in [0.3, 0.4) is 0 Å². The van der Waals surface area contributed by atoms with Gasteiger partial charge in [0.1, 0.15) is 0 Å². The van der Waals surface area contributed by atoms with Crippen molar-refractivity contribution in [2.24, 2.45) is 5.92 Å². The fraction of sp³-hybridized carbons (Fsp3) is 0.412. The van der Waals surface area contributed by atoms with Gasteiger partial charge in [-0.1, -0.05) is 30.4 Å². The van der Waals surface area contributed by atoms with Crippen LogP contribution in [0.1, 0.15) is 25.0 Å². The minimum atomic E-state index is -0.0814. The summed E-state index contributed by atoms with van der Waals surface area (Å²) in [7, 11) is 0. The molecule has 3 aliphatic rings. The van der Waals surface area contributed by atoms with E-state index in [-0.39, 0.29) is 11.7 Å². The molecule has 0 amide bonds. The molecule has 2 atom stereocenters. The number of H-pyrrole nitrogens is 1. The molecule has 2 aliphatic carbocycles. The number of hydrogen-bond acceptors (Lipinski definition) is 3. The lowest BCUT2D eigenvalue weighted by molar-refractivity contribution is 0.134. The first-order chi connectivity index (χ1) is 10.3. The molecule has 1 aliphatic heterocycles.